The van der Waals surface area contributed by atoms with Gasteiger partial charge in [-0.1, -0.05) is 6.07 Å². The summed E-state index contributed by atoms with van der Waals surface area (Å²) in [6.07, 6.45) is 0. The van der Waals surface area contributed by atoms with Gasteiger partial charge in [0.2, 0.25) is 5.78 Å². The van der Waals surface area contributed by atoms with Crippen LogP contribution in [0, 0.1) is 12.7 Å². The number of hydrogen-bond donors (Lipinski definition) is 0. The quantitative estimate of drug-likeness (QED) is 0.586. The van der Waals surface area contributed by atoms with E-state index in [0.717, 1.165) is 0 Å². The van der Waals surface area contributed by atoms with Gasteiger partial charge in [-0.3, -0.25) is 4.79 Å². The van der Waals surface area contributed by atoms with Gasteiger partial charge in [0, 0.05) is 0 Å². The molecule has 0 aliphatic carbocycles. The number of ketones is 1. The molecule has 0 N–H and O–H groups in total. The number of rotatable bonds is 0. The highest BCUT2D eigenvalue weighted by molar-refractivity contribution is 6.02. The Morgan fingerprint density at radius 1 is 1.50 bits per heavy atom. The molecular formula is C9H7FO2. The highest BCUT2D eigenvalue weighted by atomic mass is 19.1. The predicted molar refractivity (Wildman–Crippen MR) is 41.0 cm³/mol. The lowest BCUT2D eigenvalue weighted by Crippen LogP contribution is -1.98. The number of aryl methyl sites for hydroxylation is 1. The minimum absolute atomic E-state index is 0.0320. The zero-order valence-corrected chi connectivity index (χ0v) is 6.56. The molecule has 1 heterocycles. The highest BCUT2D eigenvalue weighted by Gasteiger charge is 2.24. The first-order valence-electron chi connectivity index (χ1n) is 3.65. The molecule has 0 amide bonds. The first kappa shape index (κ1) is 7.28. The fraction of sp³-hybridized carbons (Fsp3) is 0.222. The van der Waals surface area contributed by atoms with Crippen LogP contribution < -0.4 is 4.74 Å². The minimum Gasteiger partial charge on any atom is -0.482 e. The molecule has 0 radical (unpaired) electrons. The SMILES string of the molecule is Cc1ccc2c(c1F)OCC2=O. The Kier molecular flexibility index (Phi) is 1.40. The summed E-state index contributed by atoms with van der Waals surface area (Å²) in [5.74, 6) is -0.456. The Bertz CT molecular complexity index is 358. The second-order valence-electron chi connectivity index (χ2n) is 2.78. The van der Waals surface area contributed by atoms with Crippen LogP contribution in [-0.4, -0.2) is 12.4 Å². The fourth-order valence-electron chi connectivity index (χ4n) is 1.23. The Hall–Kier alpha value is -1.38. The second kappa shape index (κ2) is 2.30. The molecular weight excluding hydrogens is 159 g/mol. The van der Waals surface area contributed by atoms with Crippen molar-refractivity contribution in [1.82, 2.24) is 0 Å². The summed E-state index contributed by atoms with van der Waals surface area (Å²) in [4.78, 5) is 11.0. The molecule has 2 nitrogen and oxygen atoms in total. The number of fused-ring (bicyclic) bond motifs is 1. The molecule has 0 saturated carbocycles. The molecule has 1 aliphatic heterocycles. The number of ether oxygens (including phenoxy) is 1. The van der Waals surface area contributed by atoms with Crippen LogP contribution in [0.2, 0.25) is 0 Å². The van der Waals surface area contributed by atoms with E-state index < -0.39 is 5.82 Å². The minimum atomic E-state index is -0.418. The van der Waals surface area contributed by atoms with Crippen molar-refractivity contribution in [3.8, 4) is 5.75 Å². The molecule has 0 unspecified atom stereocenters. The summed E-state index contributed by atoms with van der Waals surface area (Å²) < 4.78 is 18.1. The van der Waals surface area contributed by atoms with Gasteiger partial charge < -0.3 is 4.74 Å². The van der Waals surface area contributed by atoms with E-state index in [1.54, 1.807) is 19.1 Å². The van der Waals surface area contributed by atoms with Crippen LogP contribution in [0.4, 0.5) is 4.39 Å². The van der Waals surface area contributed by atoms with Crippen LogP contribution in [-0.2, 0) is 0 Å². The van der Waals surface area contributed by atoms with Crippen LogP contribution >= 0.6 is 0 Å². The maximum absolute atomic E-state index is 13.2. The van der Waals surface area contributed by atoms with Crippen molar-refractivity contribution in [3.05, 3.63) is 29.1 Å². The summed E-state index contributed by atoms with van der Waals surface area (Å²) in [5.41, 5.74) is 0.863. The summed E-state index contributed by atoms with van der Waals surface area (Å²) in [6.45, 7) is 1.61. The lowest BCUT2D eigenvalue weighted by Gasteiger charge is -2.00. The number of Topliss-reactive ketones (excluding diaryl/α,β-unsaturated/α-hetero) is 1. The summed E-state index contributed by atoms with van der Waals surface area (Å²) in [5, 5.41) is 0. The van der Waals surface area contributed by atoms with Gasteiger partial charge in [0.25, 0.3) is 0 Å². The third-order valence-electron chi connectivity index (χ3n) is 1.94. The van der Waals surface area contributed by atoms with Crippen molar-refractivity contribution >= 4 is 5.78 Å². The smallest absolute Gasteiger partial charge is 0.204 e. The van der Waals surface area contributed by atoms with Gasteiger partial charge in [0.1, 0.15) is 0 Å². The average molecular weight is 166 g/mol. The number of halogens is 1. The molecule has 0 aromatic heterocycles. The molecule has 62 valence electrons. The number of carbonyl (C=O) groups is 1. The maximum atomic E-state index is 13.2. The topological polar surface area (TPSA) is 26.3 Å². The summed E-state index contributed by atoms with van der Waals surface area (Å²) in [6, 6.07) is 3.18. The van der Waals surface area contributed by atoms with Crippen LogP contribution in [0.5, 0.6) is 5.75 Å². The molecule has 3 heteroatoms. The van der Waals surface area contributed by atoms with E-state index in [9.17, 15) is 9.18 Å². The Morgan fingerprint density at radius 2 is 2.25 bits per heavy atom. The van der Waals surface area contributed by atoms with E-state index in [1.807, 2.05) is 0 Å². The normalized spacial score (nSPS) is 14.3. The monoisotopic (exact) mass is 166 g/mol. The van der Waals surface area contributed by atoms with E-state index in [1.165, 1.54) is 0 Å². The van der Waals surface area contributed by atoms with Gasteiger partial charge in [-0.15, -0.1) is 0 Å². The van der Waals surface area contributed by atoms with E-state index >= 15 is 0 Å². The fourth-order valence-corrected chi connectivity index (χ4v) is 1.23. The predicted octanol–water partition coefficient (Wildman–Crippen LogP) is 1.71. The van der Waals surface area contributed by atoms with Crippen LogP contribution in [0.3, 0.4) is 0 Å². The number of carbonyl (C=O) groups excluding carboxylic acids is 1. The molecule has 2 rings (SSSR count). The zero-order valence-electron chi connectivity index (χ0n) is 6.56. The van der Waals surface area contributed by atoms with E-state index in [4.69, 9.17) is 4.74 Å². The molecule has 0 spiro atoms. The van der Waals surface area contributed by atoms with Gasteiger partial charge in [-0.2, -0.15) is 0 Å². The first-order chi connectivity index (χ1) is 5.70. The Labute approximate surface area is 69.0 Å². The van der Waals surface area contributed by atoms with Crippen LogP contribution in [0.15, 0.2) is 12.1 Å². The van der Waals surface area contributed by atoms with Gasteiger partial charge in [-0.25, -0.2) is 4.39 Å². The van der Waals surface area contributed by atoms with Crippen molar-refractivity contribution in [2.24, 2.45) is 0 Å². The summed E-state index contributed by atoms with van der Waals surface area (Å²) in [7, 11) is 0. The molecule has 12 heavy (non-hydrogen) atoms. The molecule has 0 fully saturated rings. The van der Waals surface area contributed by atoms with Gasteiger partial charge in [0.15, 0.2) is 18.2 Å². The number of hydrogen-bond acceptors (Lipinski definition) is 2. The van der Waals surface area contributed by atoms with E-state index in [2.05, 4.69) is 0 Å². The third-order valence-corrected chi connectivity index (χ3v) is 1.94. The largest absolute Gasteiger partial charge is 0.482 e. The van der Waals surface area contributed by atoms with Gasteiger partial charge >= 0.3 is 0 Å². The molecule has 0 saturated heterocycles. The first-order valence-corrected chi connectivity index (χ1v) is 3.65. The Morgan fingerprint density at radius 3 is 3.00 bits per heavy atom. The van der Waals surface area contributed by atoms with Crippen molar-refractivity contribution in [2.75, 3.05) is 6.61 Å². The molecule has 1 aromatic rings. The highest BCUT2D eigenvalue weighted by Crippen LogP contribution is 2.29. The van der Waals surface area contributed by atoms with Crippen molar-refractivity contribution < 1.29 is 13.9 Å². The van der Waals surface area contributed by atoms with Crippen molar-refractivity contribution in [1.29, 1.82) is 0 Å². The van der Waals surface area contributed by atoms with E-state index in [0.29, 0.717) is 11.1 Å². The molecule has 1 aliphatic rings. The summed E-state index contributed by atoms with van der Waals surface area (Å²) >= 11 is 0. The number of benzene rings is 1. The average Bonchev–Trinajstić information content (AvgIpc) is 2.41. The molecule has 0 atom stereocenters. The van der Waals surface area contributed by atoms with Crippen molar-refractivity contribution in [2.45, 2.75) is 6.92 Å². The lowest BCUT2D eigenvalue weighted by atomic mass is 10.1. The zero-order chi connectivity index (χ0) is 8.72. The van der Waals surface area contributed by atoms with Crippen molar-refractivity contribution in [3.63, 3.8) is 0 Å². The van der Waals surface area contributed by atoms with E-state index in [-0.39, 0.29) is 18.1 Å². The maximum Gasteiger partial charge on any atom is 0.204 e. The van der Waals surface area contributed by atoms with Gasteiger partial charge in [-0.05, 0) is 18.6 Å². The van der Waals surface area contributed by atoms with Crippen LogP contribution in [0.25, 0.3) is 0 Å². The molecule has 0 bridgehead atoms. The lowest BCUT2D eigenvalue weighted by molar-refractivity contribution is 0.0960. The second-order valence-corrected chi connectivity index (χ2v) is 2.78. The third kappa shape index (κ3) is 0.826. The molecule has 1 aromatic carbocycles. The Balaban J connectivity index is 2.68. The van der Waals surface area contributed by atoms with Gasteiger partial charge in [0.05, 0.1) is 5.56 Å². The van der Waals surface area contributed by atoms with Crippen LogP contribution in [0.1, 0.15) is 15.9 Å². The standard InChI is InChI=1S/C9H7FO2/c1-5-2-3-6-7(11)4-12-9(6)8(5)10/h2-3H,4H2,1H3.